The summed E-state index contributed by atoms with van der Waals surface area (Å²) in [4.78, 5) is 17.4. The van der Waals surface area contributed by atoms with E-state index in [-0.39, 0.29) is 10.5 Å². The molecule has 140 valence electrons. The molecule has 0 aliphatic heterocycles. The van der Waals surface area contributed by atoms with Crippen molar-refractivity contribution in [3.05, 3.63) is 70.0 Å². The van der Waals surface area contributed by atoms with Gasteiger partial charge in [0, 0.05) is 12.8 Å². The zero-order valence-electron chi connectivity index (χ0n) is 14.8. The number of aryl methyl sites for hydroxylation is 1. The van der Waals surface area contributed by atoms with Crippen molar-refractivity contribution in [1.29, 1.82) is 0 Å². The minimum atomic E-state index is -3.55. The molecule has 0 bridgehead atoms. The van der Waals surface area contributed by atoms with Crippen molar-refractivity contribution >= 4 is 48.9 Å². The van der Waals surface area contributed by atoms with Crippen LogP contribution in [0.3, 0.4) is 0 Å². The Morgan fingerprint density at radius 1 is 1.30 bits per heavy atom. The van der Waals surface area contributed by atoms with Crippen LogP contribution in [0.25, 0.3) is 10.2 Å². The van der Waals surface area contributed by atoms with E-state index in [0.29, 0.717) is 16.4 Å². The fourth-order valence-electron chi connectivity index (χ4n) is 2.81. The quantitative estimate of drug-likeness (QED) is 0.599. The lowest BCUT2D eigenvalue weighted by atomic mass is 10.2. The summed E-state index contributed by atoms with van der Waals surface area (Å²) in [6.45, 7) is 6.16. The maximum absolute atomic E-state index is 12.8. The number of rotatable bonds is 4. The van der Waals surface area contributed by atoms with Crippen molar-refractivity contribution in [3.63, 3.8) is 0 Å². The fourth-order valence-corrected chi connectivity index (χ4v) is 5.08. The number of hydrogen-bond donors (Lipinski definition) is 0. The molecule has 1 aromatic heterocycles. The van der Waals surface area contributed by atoms with E-state index in [4.69, 9.17) is 11.6 Å². The molecule has 0 aliphatic rings. The molecule has 27 heavy (non-hydrogen) atoms. The van der Waals surface area contributed by atoms with Crippen LogP contribution in [0.15, 0.2) is 58.9 Å². The molecule has 0 saturated carbocycles. The minimum Gasteiger partial charge on any atom is -0.312 e. The van der Waals surface area contributed by atoms with Crippen LogP contribution < -0.4 is 4.80 Å². The fraction of sp³-hybridized carbons (Fsp3) is 0.158. The first-order valence-corrected chi connectivity index (χ1v) is 11.1. The third-order valence-corrected chi connectivity index (χ3v) is 6.70. The number of carbonyl (C=O) groups excluding carboxylic acids is 1. The molecule has 8 heteroatoms. The summed E-state index contributed by atoms with van der Waals surface area (Å²) >= 11 is 7.61. The van der Waals surface area contributed by atoms with Crippen LogP contribution in [0.5, 0.6) is 0 Å². The molecule has 1 amide bonds. The van der Waals surface area contributed by atoms with Gasteiger partial charge in [-0.05, 0) is 30.7 Å². The van der Waals surface area contributed by atoms with Crippen LogP contribution in [0.4, 0.5) is 0 Å². The first-order chi connectivity index (χ1) is 12.7. The third-order valence-electron chi connectivity index (χ3n) is 4.01. The van der Waals surface area contributed by atoms with Crippen molar-refractivity contribution in [3.8, 4) is 0 Å². The number of nitrogens with zero attached hydrogens (tertiary/aromatic N) is 2. The number of fused-ring (bicyclic) bond motifs is 1. The zero-order chi connectivity index (χ0) is 19.8. The molecule has 5 nitrogen and oxygen atoms in total. The van der Waals surface area contributed by atoms with Crippen LogP contribution in [0, 0.1) is 6.92 Å². The second kappa shape index (κ2) is 7.42. The highest BCUT2D eigenvalue weighted by atomic mass is 35.5. The Morgan fingerprint density at radius 3 is 2.67 bits per heavy atom. The van der Waals surface area contributed by atoms with Crippen LogP contribution >= 0.6 is 22.9 Å². The van der Waals surface area contributed by atoms with Gasteiger partial charge in [0.25, 0.3) is 5.91 Å². The van der Waals surface area contributed by atoms with Crippen molar-refractivity contribution in [2.24, 2.45) is 4.99 Å². The molecule has 0 N–H and O–H groups in total. The number of allylic oxidation sites excluding steroid dienone is 1. The SMILES string of the molecule is C=CCn1c(=NC(=O)c2ccccc2S(C)(=O)=O)sc2c(Cl)ccc(C)c21. The summed E-state index contributed by atoms with van der Waals surface area (Å²) < 4.78 is 26.6. The van der Waals surface area contributed by atoms with Crippen molar-refractivity contribution in [2.45, 2.75) is 18.4 Å². The standard InChI is InChI=1S/C19H17ClN2O3S2/c1-4-11-22-16-12(2)9-10-14(20)17(16)26-19(22)21-18(23)13-7-5-6-8-15(13)27(3,24)25/h4-10H,1,11H2,2-3H3. The Morgan fingerprint density at radius 2 is 2.00 bits per heavy atom. The van der Waals surface area contributed by atoms with E-state index in [9.17, 15) is 13.2 Å². The van der Waals surface area contributed by atoms with Gasteiger partial charge >= 0.3 is 0 Å². The minimum absolute atomic E-state index is 0.0376. The first-order valence-electron chi connectivity index (χ1n) is 8.01. The second-order valence-electron chi connectivity index (χ2n) is 6.01. The van der Waals surface area contributed by atoms with Crippen molar-refractivity contribution in [1.82, 2.24) is 4.57 Å². The predicted molar refractivity (Wildman–Crippen MR) is 109 cm³/mol. The molecule has 0 spiro atoms. The third kappa shape index (κ3) is 3.76. The van der Waals surface area contributed by atoms with Crippen LogP contribution in [-0.4, -0.2) is 25.1 Å². The Labute approximate surface area is 166 Å². The summed E-state index contributed by atoms with van der Waals surface area (Å²) in [5.41, 5.74) is 1.93. The van der Waals surface area contributed by atoms with Gasteiger partial charge in [-0.15, -0.1) is 6.58 Å². The number of halogens is 1. The van der Waals surface area contributed by atoms with Gasteiger partial charge in [0.15, 0.2) is 14.6 Å². The van der Waals surface area contributed by atoms with Gasteiger partial charge in [-0.2, -0.15) is 4.99 Å². The number of carbonyl (C=O) groups is 1. The molecule has 0 fully saturated rings. The monoisotopic (exact) mass is 420 g/mol. The second-order valence-corrected chi connectivity index (χ2v) is 9.38. The van der Waals surface area contributed by atoms with Crippen LogP contribution in [0.2, 0.25) is 5.02 Å². The summed E-state index contributed by atoms with van der Waals surface area (Å²) in [6.07, 6.45) is 2.78. The van der Waals surface area contributed by atoms with E-state index >= 15 is 0 Å². The van der Waals surface area contributed by atoms with Gasteiger partial charge < -0.3 is 4.57 Å². The molecule has 0 unspecified atom stereocenters. The molecule has 2 aromatic carbocycles. The molecular weight excluding hydrogens is 404 g/mol. The van der Waals surface area contributed by atoms with Crippen LogP contribution in [-0.2, 0) is 16.4 Å². The van der Waals surface area contributed by atoms with Crippen LogP contribution in [0.1, 0.15) is 15.9 Å². The number of thiazole rings is 1. The lowest BCUT2D eigenvalue weighted by molar-refractivity contribution is 0.0994. The Balaban J connectivity index is 2.27. The molecule has 0 saturated heterocycles. The highest BCUT2D eigenvalue weighted by Crippen LogP contribution is 2.29. The zero-order valence-corrected chi connectivity index (χ0v) is 17.2. The van der Waals surface area contributed by atoms with Gasteiger partial charge in [0.05, 0.1) is 25.7 Å². The lowest BCUT2D eigenvalue weighted by Gasteiger charge is -2.05. The Kier molecular flexibility index (Phi) is 5.37. The number of sulfone groups is 1. The number of benzene rings is 2. The van der Waals surface area contributed by atoms with Crippen molar-refractivity contribution < 1.29 is 13.2 Å². The summed E-state index contributed by atoms with van der Waals surface area (Å²) in [5.74, 6) is -0.617. The molecular formula is C19H17ClN2O3S2. The smallest absolute Gasteiger partial charge is 0.280 e. The van der Waals surface area contributed by atoms with E-state index in [1.54, 1.807) is 24.3 Å². The van der Waals surface area contributed by atoms with E-state index in [2.05, 4.69) is 11.6 Å². The van der Waals surface area contributed by atoms with E-state index in [1.165, 1.54) is 23.5 Å². The lowest BCUT2D eigenvalue weighted by Crippen LogP contribution is -2.17. The summed E-state index contributed by atoms with van der Waals surface area (Å²) in [5, 5.41) is 0.573. The Hall–Kier alpha value is -2.22. The number of amides is 1. The highest BCUT2D eigenvalue weighted by molar-refractivity contribution is 7.90. The summed E-state index contributed by atoms with van der Waals surface area (Å²) in [6, 6.07) is 9.77. The van der Waals surface area contributed by atoms with Gasteiger partial charge in [-0.25, -0.2) is 8.42 Å². The molecule has 1 heterocycles. The largest absolute Gasteiger partial charge is 0.312 e. The highest BCUT2D eigenvalue weighted by Gasteiger charge is 2.19. The first kappa shape index (κ1) is 19.5. The predicted octanol–water partition coefficient (Wildman–Crippen LogP) is 4.00. The topological polar surface area (TPSA) is 68.5 Å². The van der Waals surface area contributed by atoms with Gasteiger partial charge in [0.2, 0.25) is 0 Å². The average molecular weight is 421 g/mol. The van der Waals surface area contributed by atoms with Crippen molar-refractivity contribution in [2.75, 3.05) is 6.26 Å². The average Bonchev–Trinajstić information content (AvgIpc) is 2.97. The number of hydrogen-bond acceptors (Lipinski definition) is 4. The molecule has 0 radical (unpaired) electrons. The maximum Gasteiger partial charge on any atom is 0.280 e. The normalized spacial score (nSPS) is 12.5. The number of aromatic nitrogens is 1. The molecule has 3 aromatic rings. The van der Waals surface area contributed by atoms with E-state index in [1.807, 2.05) is 17.6 Å². The summed E-state index contributed by atoms with van der Waals surface area (Å²) in [7, 11) is -3.55. The van der Waals surface area contributed by atoms with E-state index < -0.39 is 15.7 Å². The van der Waals surface area contributed by atoms with Gasteiger partial charge in [-0.1, -0.05) is 47.2 Å². The van der Waals surface area contributed by atoms with Gasteiger partial charge in [0.1, 0.15) is 0 Å². The molecule has 0 aliphatic carbocycles. The molecule has 3 rings (SSSR count). The molecule has 0 atom stereocenters. The van der Waals surface area contributed by atoms with E-state index in [0.717, 1.165) is 22.0 Å². The van der Waals surface area contributed by atoms with Gasteiger partial charge in [-0.3, -0.25) is 4.79 Å². The maximum atomic E-state index is 12.8. The Bertz CT molecular complexity index is 1240.